The van der Waals surface area contributed by atoms with Crippen LogP contribution in [0.1, 0.15) is 22.3 Å². The van der Waals surface area contributed by atoms with Gasteiger partial charge >= 0.3 is 24.7 Å². The molecule has 0 aliphatic carbocycles. The predicted octanol–water partition coefficient (Wildman–Crippen LogP) is 13.0. The quantitative estimate of drug-likeness (QED) is 0.165. The van der Waals surface area contributed by atoms with Crippen molar-refractivity contribution in [2.75, 3.05) is 0 Å². The number of halogens is 12. The van der Waals surface area contributed by atoms with Crippen LogP contribution in [0.2, 0.25) is 0 Å². The number of benzene rings is 5. The molecule has 8 rings (SSSR count). The molecule has 0 amide bonds. The first-order valence-electron chi connectivity index (χ1n) is 15.8. The van der Waals surface area contributed by atoms with E-state index in [0.29, 0.717) is 33.7 Å². The molecule has 3 aromatic heterocycles. The van der Waals surface area contributed by atoms with Crippen molar-refractivity contribution < 1.29 is 52.7 Å². The fourth-order valence-corrected chi connectivity index (χ4v) is 6.81. The van der Waals surface area contributed by atoms with Gasteiger partial charge in [-0.05, 0) is 77.9 Å². The highest BCUT2D eigenvalue weighted by atomic mass is 19.4. The van der Waals surface area contributed by atoms with Crippen LogP contribution in [0.3, 0.4) is 0 Å². The molecule has 54 heavy (non-hydrogen) atoms. The topological polar surface area (TPSA) is 22.8 Å². The molecule has 8 aromatic rings. The fraction of sp³-hybridized carbons (Fsp3) is 0.103. The maximum Gasteiger partial charge on any atom is 0.416 e. The number of pyridine rings is 1. The summed E-state index contributed by atoms with van der Waals surface area (Å²) in [7, 11) is 0. The maximum atomic E-state index is 14.1. The SMILES string of the molecule is FC(F)(F)c1cc(-c2cc(-n3c4ccccc4c4ccc(C(F)(F)F)cc43)nc(-n3c4ccccc4c4ccc(C(F)(F)F)cc43)c2)cc(C(F)(F)F)c1. The lowest BCUT2D eigenvalue weighted by Gasteiger charge is -2.17. The molecule has 3 heterocycles. The highest BCUT2D eigenvalue weighted by Gasteiger charge is 2.38. The Morgan fingerprint density at radius 2 is 0.685 bits per heavy atom. The first-order valence-corrected chi connectivity index (χ1v) is 15.8. The summed E-state index contributed by atoms with van der Waals surface area (Å²) in [5.41, 5.74) is -5.79. The second-order valence-electron chi connectivity index (χ2n) is 12.5. The zero-order valence-corrected chi connectivity index (χ0v) is 26.8. The third kappa shape index (κ3) is 5.87. The summed E-state index contributed by atoms with van der Waals surface area (Å²) in [4.78, 5) is 4.69. The highest BCUT2D eigenvalue weighted by molar-refractivity contribution is 6.10. The van der Waals surface area contributed by atoms with Gasteiger partial charge in [0.15, 0.2) is 0 Å². The molecule has 0 unspecified atom stereocenters. The van der Waals surface area contributed by atoms with Crippen molar-refractivity contribution in [1.29, 1.82) is 0 Å². The molecular weight excluding hydrogens is 738 g/mol. The zero-order chi connectivity index (χ0) is 38.5. The van der Waals surface area contributed by atoms with Crippen molar-refractivity contribution >= 4 is 43.6 Å². The Kier molecular flexibility index (Phi) is 7.63. The highest BCUT2D eigenvalue weighted by Crippen LogP contribution is 2.43. The summed E-state index contributed by atoms with van der Waals surface area (Å²) in [5, 5.41) is 1.52. The summed E-state index contributed by atoms with van der Waals surface area (Å²) in [6.45, 7) is 0. The number of nitrogens with zero attached hydrogens (tertiary/aromatic N) is 3. The fourth-order valence-electron chi connectivity index (χ4n) is 6.81. The molecule has 0 bridgehead atoms. The molecule has 0 aliphatic rings. The van der Waals surface area contributed by atoms with Crippen LogP contribution in [0.25, 0.3) is 66.4 Å². The number of alkyl halides is 12. The van der Waals surface area contributed by atoms with Crippen molar-refractivity contribution in [1.82, 2.24) is 14.1 Å². The van der Waals surface area contributed by atoms with Crippen molar-refractivity contribution in [2.24, 2.45) is 0 Å². The van der Waals surface area contributed by atoms with Gasteiger partial charge in [-0.25, -0.2) is 4.98 Å². The normalized spacial score (nSPS) is 13.2. The van der Waals surface area contributed by atoms with E-state index in [1.54, 1.807) is 48.5 Å². The van der Waals surface area contributed by atoms with E-state index in [4.69, 9.17) is 0 Å². The predicted molar refractivity (Wildman–Crippen MR) is 178 cm³/mol. The summed E-state index contributed by atoms with van der Waals surface area (Å²) < 4.78 is 171. The van der Waals surface area contributed by atoms with Gasteiger partial charge in [-0.15, -0.1) is 0 Å². The van der Waals surface area contributed by atoms with Crippen LogP contribution in [-0.2, 0) is 24.7 Å². The summed E-state index contributed by atoms with van der Waals surface area (Å²) >= 11 is 0. The van der Waals surface area contributed by atoms with Crippen molar-refractivity contribution in [2.45, 2.75) is 24.7 Å². The van der Waals surface area contributed by atoms with Crippen LogP contribution >= 0.6 is 0 Å². The Labute approximate surface area is 295 Å². The van der Waals surface area contributed by atoms with Gasteiger partial charge in [-0.3, -0.25) is 9.13 Å². The third-order valence-corrected chi connectivity index (χ3v) is 9.18. The van der Waals surface area contributed by atoms with E-state index in [9.17, 15) is 52.7 Å². The molecule has 0 fully saturated rings. The maximum absolute atomic E-state index is 14.1. The van der Waals surface area contributed by atoms with Gasteiger partial charge in [0.2, 0.25) is 0 Å². The molecule has 0 atom stereocenters. The summed E-state index contributed by atoms with van der Waals surface area (Å²) in [5.74, 6) is -0.478. The van der Waals surface area contributed by atoms with Crippen molar-refractivity contribution in [3.05, 3.63) is 138 Å². The summed E-state index contributed by atoms with van der Waals surface area (Å²) in [6, 6.07) is 21.7. The number of aromatic nitrogens is 3. The van der Waals surface area contributed by atoms with Crippen molar-refractivity contribution in [3.8, 4) is 22.8 Å². The lowest BCUT2D eigenvalue weighted by atomic mass is 9.99. The second kappa shape index (κ2) is 11.8. The average molecular weight is 758 g/mol. The number of fused-ring (bicyclic) bond motifs is 6. The van der Waals surface area contributed by atoms with E-state index < -0.39 is 52.5 Å². The minimum absolute atomic E-state index is 0.0518. The van der Waals surface area contributed by atoms with E-state index in [2.05, 4.69) is 4.98 Å². The molecule has 5 aromatic carbocycles. The van der Waals surface area contributed by atoms with Crippen LogP contribution < -0.4 is 0 Å². The number of rotatable bonds is 3. The van der Waals surface area contributed by atoms with E-state index >= 15 is 0 Å². The largest absolute Gasteiger partial charge is 0.416 e. The Morgan fingerprint density at radius 1 is 0.333 bits per heavy atom. The van der Waals surface area contributed by atoms with E-state index in [-0.39, 0.29) is 45.3 Å². The number of para-hydroxylation sites is 2. The molecule has 274 valence electrons. The Morgan fingerprint density at radius 3 is 1.07 bits per heavy atom. The summed E-state index contributed by atoms with van der Waals surface area (Å²) in [6.07, 6.45) is -20.1. The van der Waals surface area contributed by atoms with Gasteiger partial charge in [0, 0.05) is 21.5 Å². The minimum Gasteiger partial charge on any atom is -0.294 e. The number of hydrogen-bond acceptors (Lipinski definition) is 1. The molecule has 0 spiro atoms. The van der Waals surface area contributed by atoms with Crippen LogP contribution in [0.4, 0.5) is 52.7 Å². The van der Waals surface area contributed by atoms with Crippen LogP contribution in [0.5, 0.6) is 0 Å². The van der Waals surface area contributed by atoms with Gasteiger partial charge in [-0.2, -0.15) is 52.7 Å². The average Bonchev–Trinajstić information content (AvgIpc) is 3.62. The van der Waals surface area contributed by atoms with Gasteiger partial charge in [0.1, 0.15) is 11.6 Å². The Bertz CT molecular complexity index is 2600. The van der Waals surface area contributed by atoms with Crippen LogP contribution in [-0.4, -0.2) is 14.1 Å². The van der Waals surface area contributed by atoms with Crippen molar-refractivity contribution in [3.63, 3.8) is 0 Å². The lowest BCUT2D eigenvalue weighted by Crippen LogP contribution is -2.11. The first kappa shape index (κ1) is 35.1. The molecule has 0 N–H and O–H groups in total. The molecule has 0 radical (unpaired) electrons. The Hall–Kier alpha value is -5.99. The van der Waals surface area contributed by atoms with E-state index in [1.165, 1.54) is 21.3 Å². The number of hydrogen-bond donors (Lipinski definition) is 0. The Balaban J connectivity index is 1.53. The first-order chi connectivity index (χ1) is 25.3. The van der Waals surface area contributed by atoms with Gasteiger partial charge in [0.25, 0.3) is 0 Å². The van der Waals surface area contributed by atoms with E-state index in [0.717, 1.165) is 36.4 Å². The zero-order valence-electron chi connectivity index (χ0n) is 26.8. The molecule has 15 heteroatoms. The standard InChI is InChI=1S/C39H19F12N3/c40-36(41,42)22-9-11-28-26-5-1-3-7-30(26)53(32(28)18-22)34-15-21(20-13-24(38(46,47)48)17-25(14-20)39(49,50)51)16-35(52-34)54-31-8-4-2-6-27(31)29-12-10-23(19-33(29)54)37(43,44)45/h1-19H. The minimum atomic E-state index is -5.23. The van der Waals surface area contributed by atoms with Gasteiger partial charge < -0.3 is 0 Å². The second-order valence-corrected chi connectivity index (χ2v) is 12.5. The van der Waals surface area contributed by atoms with Crippen LogP contribution in [0, 0.1) is 0 Å². The lowest BCUT2D eigenvalue weighted by molar-refractivity contribution is -0.143. The van der Waals surface area contributed by atoms with Crippen LogP contribution in [0.15, 0.2) is 115 Å². The smallest absolute Gasteiger partial charge is 0.294 e. The molecule has 0 saturated carbocycles. The molecule has 0 aliphatic heterocycles. The molecule has 0 saturated heterocycles. The van der Waals surface area contributed by atoms with E-state index in [1.807, 2.05) is 0 Å². The molecule has 3 nitrogen and oxygen atoms in total. The van der Waals surface area contributed by atoms with Gasteiger partial charge in [0.05, 0.1) is 44.3 Å². The molecular formula is C39H19F12N3. The monoisotopic (exact) mass is 757 g/mol. The van der Waals surface area contributed by atoms with Gasteiger partial charge in [-0.1, -0.05) is 48.5 Å². The third-order valence-electron chi connectivity index (χ3n) is 9.18.